The average Bonchev–Trinajstić information content (AvgIpc) is 2.35. The lowest BCUT2D eigenvalue weighted by Crippen LogP contribution is -2.21. The largest absolute Gasteiger partial charge is 0.478 e. The summed E-state index contributed by atoms with van der Waals surface area (Å²) in [5.41, 5.74) is 1.76. The highest BCUT2D eigenvalue weighted by atomic mass is 79.9. The second-order valence-electron chi connectivity index (χ2n) is 4.21. The summed E-state index contributed by atoms with van der Waals surface area (Å²) in [6.07, 6.45) is 2.33. The molecule has 0 aliphatic heterocycles. The van der Waals surface area contributed by atoms with E-state index in [1.54, 1.807) is 7.05 Å². The summed E-state index contributed by atoms with van der Waals surface area (Å²) in [7, 11) is 1.67. The van der Waals surface area contributed by atoms with Crippen molar-refractivity contribution in [2.24, 2.45) is 7.05 Å². The molecule has 0 aliphatic rings. The third kappa shape index (κ3) is 2.33. The van der Waals surface area contributed by atoms with Crippen LogP contribution in [-0.4, -0.2) is 15.6 Å². The summed E-state index contributed by atoms with van der Waals surface area (Å²) in [6.45, 7) is 1.82. The molecule has 4 nitrogen and oxygen atoms in total. The summed E-state index contributed by atoms with van der Waals surface area (Å²) < 4.78 is 2.36. The van der Waals surface area contributed by atoms with Crippen LogP contribution >= 0.6 is 15.9 Å². The van der Waals surface area contributed by atoms with Crippen molar-refractivity contribution in [1.82, 2.24) is 4.57 Å². The first-order valence-corrected chi connectivity index (χ1v) is 6.41. The molecule has 0 aliphatic carbocycles. The van der Waals surface area contributed by atoms with E-state index in [9.17, 15) is 9.59 Å². The number of nitrogens with zero attached hydrogens (tertiary/aromatic N) is 1. The van der Waals surface area contributed by atoms with E-state index in [0.717, 1.165) is 27.0 Å². The Morgan fingerprint density at radius 3 is 2.74 bits per heavy atom. The van der Waals surface area contributed by atoms with Gasteiger partial charge < -0.3 is 9.67 Å². The Morgan fingerprint density at radius 1 is 1.42 bits per heavy atom. The zero-order chi connectivity index (χ0) is 14.2. The Labute approximate surface area is 118 Å². The summed E-state index contributed by atoms with van der Waals surface area (Å²) >= 11 is 3.43. The Morgan fingerprint density at radius 2 is 2.11 bits per heavy atom. The number of para-hydroxylation sites is 1. The lowest BCUT2D eigenvalue weighted by Gasteiger charge is -2.12. The van der Waals surface area contributed by atoms with Crippen LogP contribution < -0.4 is 5.56 Å². The molecule has 1 aromatic carbocycles. The van der Waals surface area contributed by atoms with Crippen LogP contribution in [0.4, 0.5) is 0 Å². The summed E-state index contributed by atoms with van der Waals surface area (Å²) in [4.78, 5) is 22.9. The molecule has 1 N–H and O–H groups in total. The number of fused-ring (bicyclic) bond motifs is 1. The zero-order valence-corrected chi connectivity index (χ0v) is 12.1. The van der Waals surface area contributed by atoms with Crippen molar-refractivity contribution >= 4 is 38.9 Å². The van der Waals surface area contributed by atoms with Gasteiger partial charge in [-0.25, -0.2) is 4.79 Å². The third-order valence-corrected chi connectivity index (χ3v) is 3.70. The highest BCUT2D eigenvalue weighted by Crippen LogP contribution is 2.26. The van der Waals surface area contributed by atoms with Crippen molar-refractivity contribution in [1.29, 1.82) is 0 Å². The molecule has 0 atom stereocenters. The minimum atomic E-state index is -1.07. The first-order valence-electron chi connectivity index (χ1n) is 5.62. The highest BCUT2D eigenvalue weighted by molar-refractivity contribution is 9.10. The Bertz CT molecular complexity index is 759. The number of aromatic nitrogens is 1. The number of pyridine rings is 1. The molecule has 0 saturated carbocycles. The van der Waals surface area contributed by atoms with Gasteiger partial charge in [0, 0.05) is 28.5 Å². The van der Waals surface area contributed by atoms with E-state index in [-0.39, 0.29) is 5.56 Å². The Kier molecular flexibility index (Phi) is 3.57. The number of hydrogen-bond donors (Lipinski definition) is 1. The first kappa shape index (κ1) is 13.5. The highest BCUT2D eigenvalue weighted by Gasteiger charge is 2.12. The van der Waals surface area contributed by atoms with Crippen LogP contribution in [0.5, 0.6) is 0 Å². The van der Waals surface area contributed by atoms with Crippen molar-refractivity contribution in [3.63, 3.8) is 0 Å². The molecule has 5 heteroatoms. The molecule has 0 amide bonds. The summed E-state index contributed by atoms with van der Waals surface area (Å²) in [5, 5.41) is 9.60. The SMILES string of the molecule is Cc1c(/C=C/C(=O)O)c(=O)n(C)c2c(Br)cccc12. The van der Waals surface area contributed by atoms with E-state index >= 15 is 0 Å². The van der Waals surface area contributed by atoms with E-state index < -0.39 is 5.97 Å². The Hall–Kier alpha value is -1.88. The second kappa shape index (κ2) is 5.01. The molecular formula is C14H12BrNO3. The molecule has 98 valence electrons. The predicted octanol–water partition coefficient (Wildman–Crippen LogP) is 2.71. The molecule has 0 spiro atoms. The number of rotatable bonds is 2. The van der Waals surface area contributed by atoms with Crippen molar-refractivity contribution in [2.45, 2.75) is 6.92 Å². The topological polar surface area (TPSA) is 59.3 Å². The molecule has 0 saturated heterocycles. The minimum Gasteiger partial charge on any atom is -0.478 e. The number of benzene rings is 1. The van der Waals surface area contributed by atoms with Gasteiger partial charge in [-0.1, -0.05) is 12.1 Å². The van der Waals surface area contributed by atoms with E-state index in [1.807, 2.05) is 25.1 Å². The second-order valence-corrected chi connectivity index (χ2v) is 5.06. The maximum atomic E-state index is 12.3. The normalized spacial score (nSPS) is 11.3. The molecule has 1 aromatic heterocycles. The van der Waals surface area contributed by atoms with Crippen LogP contribution in [0, 0.1) is 6.92 Å². The molecule has 0 radical (unpaired) electrons. The van der Waals surface area contributed by atoms with E-state index in [1.165, 1.54) is 10.6 Å². The van der Waals surface area contributed by atoms with E-state index in [4.69, 9.17) is 5.11 Å². The molecular weight excluding hydrogens is 310 g/mol. The maximum Gasteiger partial charge on any atom is 0.328 e. The van der Waals surface area contributed by atoms with Gasteiger partial charge in [-0.3, -0.25) is 4.79 Å². The fraction of sp³-hybridized carbons (Fsp3) is 0.143. The van der Waals surface area contributed by atoms with Gasteiger partial charge in [0.1, 0.15) is 0 Å². The molecule has 1 heterocycles. The van der Waals surface area contributed by atoms with Crippen LogP contribution in [0.15, 0.2) is 33.5 Å². The van der Waals surface area contributed by atoms with Gasteiger partial charge in [0.15, 0.2) is 0 Å². The predicted molar refractivity (Wildman–Crippen MR) is 78.3 cm³/mol. The maximum absolute atomic E-state index is 12.3. The number of hydrogen-bond acceptors (Lipinski definition) is 2. The van der Waals surface area contributed by atoms with Crippen LogP contribution in [0.1, 0.15) is 11.1 Å². The van der Waals surface area contributed by atoms with Crippen LogP contribution in [-0.2, 0) is 11.8 Å². The lowest BCUT2D eigenvalue weighted by molar-refractivity contribution is -0.131. The molecule has 0 bridgehead atoms. The average molecular weight is 322 g/mol. The monoisotopic (exact) mass is 321 g/mol. The summed E-state index contributed by atoms with van der Waals surface area (Å²) in [5.74, 6) is -1.07. The standard InChI is InChI=1S/C14H12BrNO3/c1-8-9-4-3-5-11(15)13(9)16(2)14(19)10(8)6-7-12(17)18/h3-7H,1-2H3,(H,17,18)/b7-6+. The van der Waals surface area contributed by atoms with Gasteiger partial charge >= 0.3 is 5.97 Å². The van der Waals surface area contributed by atoms with E-state index in [0.29, 0.717) is 5.56 Å². The molecule has 0 unspecified atom stereocenters. The van der Waals surface area contributed by atoms with Gasteiger partial charge in [0.2, 0.25) is 0 Å². The smallest absolute Gasteiger partial charge is 0.328 e. The quantitative estimate of drug-likeness (QED) is 0.865. The van der Waals surface area contributed by atoms with Gasteiger partial charge in [-0.2, -0.15) is 0 Å². The van der Waals surface area contributed by atoms with E-state index in [2.05, 4.69) is 15.9 Å². The van der Waals surface area contributed by atoms with Crippen molar-refractivity contribution in [3.05, 3.63) is 50.2 Å². The fourth-order valence-electron chi connectivity index (χ4n) is 2.10. The van der Waals surface area contributed by atoms with Gasteiger partial charge in [-0.05, 0) is 40.6 Å². The zero-order valence-electron chi connectivity index (χ0n) is 10.5. The van der Waals surface area contributed by atoms with Gasteiger partial charge in [0.05, 0.1) is 5.52 Å². The Balaban J connectivity index is 2.89. The third-order valence-electron chi connectivity index (χ3n) is 3.06. The van der Waals surface area contributed by atoms with Crippen molar-refractivity contribution in [3.8, 4) is 0 Å². The van der Waals surface area contributed by atoms with Crippen LogP contribution in [0.3, 0.4) is 0 Å². The molecule has 2 rings (SSSR count). The van der Waals surface area contributed by atoms with Crippen LogP contribution in [0.25, 0.3) is 17.0 Å². The van der Waals surface area contributed by atoms with Crippen molar-refractivity contribution in [2.75, 3.05) is 0 Å². The van der Waals surface area contributed by atoms with Gasteiger partial charge in [0.25, 0.3) is 5.56 Å². The molecule has 2 aromatic rings. The summed E-state index contributed by atoms with van der Waals surface area (Å²) in [6, 6.07) is 5.66. The number of carbonyl (C=O) groups is 1. The number of halogens is 1. The van der Waals surface area contributed by atoms with Crippen molar-refractivity contribution < 1.29 is 9.90 Å². The number of carboxylic acids is 1. The number of aliphatic carboxylic acids is 1. The number of aryl methyl sites for hydroxylation is 2. The van der Waals surface area contributed by atoms with Gasteiger partial charge in [-0.15, -0.1) is 0 Å². The first-order chi connectivity index (χ1) is 8.93. The number of carboxylic acid groups (broad SMARTS) is 1. The minimum absolute atomic E-state index is 0.214. The molecule has 19 heavy (non-hydrogen) atoms. The van der Waals surface area contributed by atoms with Crippen LogP contribution in [0.2, 0.25) is 0 Å². The molecule has 0 fully saturated rings. The fourth-order valence-corrected chi connectivity index (χ4v) is 2.73. The lowest BCUT2D eigenvalue weighted by atomic mass is 10.0.